The van der Waals surface area contributed by atoms with Gasteiger partial charge in [-0.2, -0.15) is 0 Å². The number of hydrogen-bond acceptors (Lipinski definition) is 13. The van der Waals surface area contributed by atoms with Crippen molar-refractivity contribution in [2.75, 3.05) is 6.61 Å². The number of benzene rings is 3. The van der Waals surface area contributed by atoms with Gasteiger partial charge in [-0.15, -0.1) is 0 Å². The first-order chi connectivity index (χ1) is 19.0. The number of phenolic OH excluding ortho intramolecular Hbond substituents is 6. The van der Waals surface area contributed by atoms with Crippen molar-refractivity contribution in [2.24, 2.45) is 0 Å². The van der Waals surface area contributed by atoms with Gasteiger partial charge in [0.25, 0.3) is 0 Å². The molecule has 0 spiro atoms. The predicted octanol–water partition coefficient (Wildman–Crippen LogP) is 1.13. The Bertz CT molecular complexity index is 1380. The lowest BCUT2D eigenvalue weighted by Gasteiger charge is -2.41. The molecule has 1 saturated heterocycles. The van der Waals surface area contributed by atoms with Gasteiger partial charge in [0.05, 0.1) is 6.61 Å². The second-order valence-corrected chi connectivity index (χ2v) is 8.86. The van der Waals surface area contributed by atoms with E-state index in [4.69, 9.17) is 14.2 Å². The van der Waals surface area contributed by atoms with E-state index in [2.05, 4.69) is 0 Å². The number of aromatic hydroxyl groups is 6. The Morgan fingerprint density at radius 3 is 2.02 bits per heavy atom. The lowest BCUT2D eigenvalue weighted by Crippen LogP contribution is -2.61. The first kappa shape index (κ1) is 28.3. The fourth-order valence-electron chi connectivity index (χ4n) is 4.03. The summed E-state index contributed by atoms with van der Waals surface area (Å²) in [5.41, 5.74) is -0.0542. The van der Waals surface area contributed by atoms with E-state index >= 15 is 0 Å². The molecule has 0 aliphatic carbocycles. The Kier molecular flexibility index (Phi) is 8.21. The molecule has 0 aromatic heterocycles. The number of carbonyl (C=O) groups excluding carboxylic acids is 1. The molecule has 1 aliphatic rings. The van der Waals surface area contributed by atoms with Crippen molar-refractivity contribution in [3.63, 3.8) is 0 Å². The monoisotopic (exact) mass is 558 g/mol. The third-order valence-electron chi connectivity index (χ3n) is 6.02. The molecule has 3 aromatic rings. The highest BCUT2D eigenvalue weighted by atomic mass is 16.7. The maximum absolute atomic E-state index is 12.8. The van der Waals surface area contributed by atoms with Crippen LogP contribution in [0.4, 0.5) is 0 Å². The molecule has 9 N–H and O–H groups in total. The Balaban J connectivity index is 1.68. The number of phenols is 6. The van der Waals surface area contributed by atoms with E-state index in [1.54, 1.807) is 18.2 Å². The van der Waals surface area contributed by atoms with E-state index in [0.717, 1.165) is 18.2 Å². The van der Waals surface area contributed by atoms with Crippen LogP contribution in [0.3, 0.4) is 0 Å². The van der Waals surface area contributed by atoms with Crippen LogP contribution in [0.1, 0.15) is 21.5 Å². The van der Waals surface area contributed by atoms with Crippen LogP contribution in [0.5, 0.6) is 40.2 Å². The fourth-order valence-corrected chi connectivity index (χ4v) is 4.03. The highest BCUT2D eigenvalue weighted by molar-refractivity contribution is 5.95. The van der Waals surface area contributed by atoms with Gasteiger partial charge in [0.2, 0.25) is 6.29 Å². The lowest BCUT2D eigenvalue weighted by atomic mass is 9.99. The third-order valence-corrected chi connectivity index (χ3v) is 6.02. The van der Waals surface area contributed by atoms with Crippen molar-refractivity contribution < 1.29 is 65.0 Å². The summed E-state index contributed by atoms with van der Waals surface area (Å²) in [6.07, 6.45) is -5.74. The lowest BCUT2D eigenvalue weighted by molar-refractivity contribution is -0.277. The minimum absolute atomic E-state index is 0.0410. The Morgan fingerprint density at radius 2 is 1.40 bits per heavy atom. The normalized spacial score (nSPS) is 22.7. The van der Waals surface area contributed by atoms with E-state index in [1.165, 1.54) is 24.3 Å². The maximum Gasteiger partial charge on any atom is 0.346 e. The molecule has 3 aromatic carbocycles. The van der Waals surface area contributed by atoms with Gasteiger partial charge in [0.1, 0.15) is 52.6 Å². The molecular formula is C27H26O13. The molecule has 0 radical (unpaired) electrons. The van der Waals surface area contributed by atoms with Crippen LogP contribution in [0.2, 0.25) is 0 Å². The zero-order chi connectivity index (χ0) is 29.1. The minimum Gasteiger partial charge on any atom is -0.508 e. The second-order valence-electron chi connectivity index (χ2n) is 8.86. The third kappa shape index (κ3) is 5.97. The molecular weight excluding hydrogens is 532 g/mol. The number of carbonyl (C=O) groups is 1. The number of rotatable bonds is 7. The van der Waals surface area contributed by atoms with Crippen molar-refractivity contribution in [3.8, 4) is 40.2 Å². The molecule has 0 saturated carbocycles. The van der Waals surface area contributed by atoms with Crippen LogP contribution in [0, 0.1) is 0 Å². The molecule has 1 heterocycles. The van der Waals surface area contributed by atoms with Crippen molar-refractivity contribution in [1.82, 2.24) is 0 Å². The van der Waals surface area contributed by atoms with Gasteiger partial charge < -0.3 is 60.2 Å². The van der Waals surface area contributed by atoms with Gasteiger partial charge >= 0.3 is 5.97 Å². The van der Waals surface area contributed by atoms with Crippen molar-refractivity contribution >= 4 is 18.1 Å². The Morgan fingerprint density at radius 1 is 0.800 bits per heavy atom. The number of hydrogen-bond donors (Lipinski definition) is 9. The Labute approximate surface area is 226 Å². The minimum atomic E-state index is -1.92. The van der Waals surface area contributed by atoms with Gasteiger partial charge in [-0.05, 0) is 23.8 Å². The number of aliphatic hydroxyl groups excluding tert-OH is 3. The van der Waals surface area contributed by atoms with Crippen LogP contribution in [-0.2, 0) is 9.47 Å². The fraction of sp³-hybridized carbons (Fsp3) is 0.222. The summed E-state index contributed by atoms with van der Waals surface area (Å²) in [5.74, 6) is -4.85. The van der Waals surface area contributed by atoms with Crippen LogP contribution in [0.25, 0.3) is 12.2 Å². The van der Waals surface area contributed by atoms with Crippen molar-refractivity contribution in [1.29, 1.82) is 0 Å². The first-order valence-electron chi connectivity index (χ1n) is 11.8. The predicted molar refractivity (Wildman–Crippen MR) is 136 cm³/mol. The summed E-state index contributed by atoms with van der Waals surface area (Å²) in [7, 11) is 0. The molecule has 5 atom stereocenters. The van der Waals surface area contributed by atoms with Crippen LogP contribution in [0.15, 0.2) is 48.5 Å². The van der Waals surface area contributed by atoms with E-state index in [0.29, 0.717) is 5.56 Å². The van der Waals surface area contributed by atoms with Gasteiger partial charge in [-0.25, -0.2) is 4.79 Å². The molecule has 0 bridgehead atoms. The molecule has 212 valence electrons. The van der Waals surface area contributed by atoms with E-state index < -0.39 is 71.8 Å². The molecule has 13 heteroatoms. The summed E-state index contributed by atoms with van der Waals surface area (Å²) in [6, 6.07) is 9.74. The van der Waals surface area contributed by atoms with Gasteiger partial charge in [0, 0.05) is 23.8 Å². The molecule has 4 rings (SSSR count). The van der Waals surface area contributed by atoms with Crippen molar-refractivity contribution in [2.45, 2.75) is 30.7 Å². The zero-order valence-electron chi connectivity index (χ0n) is 20.5. The molecule has 0 amide bonds. The number of ether oxygens (including phenoxy) is 3. The average Bonchev–Trinajstić information content (AvgIpc) is 2.88. The summed E-state index contributed by atoms with van der Waals surface area (Å²) < 4.78 is 16.5. The topological polar surface area (TPSA) is 227 Å². The van der Waals surface area contributed by atoms with Gasteiger partial charge in [-0.3, -0.25) is 0 Å². The maximum atomic E-state index is 12.8. The van der Waals surface area contributed by atoms with Crippen LogP contribution >= 0.6 is 0 Å². The summed E-state index contributed by atoms with van der Waals surface area (Å²) in [5, 5.41) is 90.3. The van der Waals surface area contributed by atoms with Crippen LogP contribution < -0.4 is 4.74 Å². The largest absolute Gasteiger partial charge is 0.508 e. The highest BCUT2D eigenvalue weighted by Crippen LogP contribution is 2.39. The summed E-state index contributed by atoms with van der Waals surface area (Å²) >= 11 is 0. The van der Waals surface area contributed by atoms with Crippen LogP contribution in [-0.4, -0.2) is 89.2 Å². The highest BCUT2D eigenvalue weighted by Gasteiger charge is 2.48. The zero-order valence-corrected chi connectivity index (χ0v) is 20.5. The number of esters is 1. The van der Waals surface area contributed by atoms with Gasteiger partial charge in [0.15, 0.2) is 17.6 Å². The number of aliphatic hydroxyl groups is 3. The standard InChI is InChI=1S/C27H26O13/c28-11-20-22(35)23(36)25(39-26(37)21-17(32)8-16(31)9-18(21)33)27(38-20)40-24-13(7-15(30)10-19(24)34)4-1-12-2-5-14(29)6-3-12/h1-10,20,22-23,25,27-36H,11H2/b4-1+/t20-,22-,23+,25-,27+/m1/s1. The van der Waals surface area contributed by atoms with E-state index in [9.17, 15) is 50.8 Å². The Hall–Kier alpha value is -4.69. The molecule has 0 unspecified atom stereocenters. The molecule has 1 aliphatic heterocycles. The molecule has 40 heavy (non-hydrogen) atoms. The second kappa shape index (κ2) is 11.6. The average molecular weight is 558 g/mol. The van der Waals surface area contributed by atoms with E-state index in [-0.39, 0.29) is 22.8 Å². The SMILES string of the molecule is O=C(O[C@H]1[C@H](Oc2c(O)cc(O)cc2/C=C/c2ccc(O)cc2)O[C@H](CO)[C@@H](O)[C@@H]1O)c1c(O)cc(O)cc1O. The van der Waals surface area contributed by atoms with E-state index in [1.807, 2.05) is 0 Å². The smallest absolute Gasteiger partial charge is 0.346 e. The van der Waals surface area contributed by atoms with Gasteiger partial charge in [-0.1, -0.05) is 24.3 Å². The van der Waals surface area contributed by atoms with Crippen molar-refractivity contribution in [3.05, 3.63) is 65.2 Å². The molecule has 13 nitrogen and oxygen atoms in total. The molecule has 1 fully saturated rings. The first-order valence-corrected chi connectivity index (χ1v) is 11.8. The quantitative estimate of drug-likeness (QED) is 0.147. The summed E-state index contributed by atoms with van der Waals surface area (Å²) in [6.45, 7) is -0.784. The summed E-state index contributed by atoms with van der Waals surface area (Å²) in [4.78, 5) is 12.8.